The number of nitrogens with one attached hydrogen (secondary N) is 1. The van der Waals surface area contributed by atoms with E-state index in [0.29, 0.717) is 0 Å². The van der Waals surface area contributed by atoms with Crippen molar-refractivity contribution in [2.45, 2.75) is 13.0 Å². The average Bonchev–Trinajstić information content (AvgIpc) is 1.83. The Balaban J connectivity index is 3.17. The maximum atomic E-state index is 10.4. The van der Waals surface area contributed by atoms with E-state index < -0.39 is 6.10 Å². The number of carbonyl (C=O) groups is 1. The topological polar surface area (TPSA) is 75.3 Å². The van der Waals surface area contributed by atoms with E-state index in [1.807, 2.05) is 0 Å². The van der Waals surface area contributed by atoms with Crippen LogP contribution >= 0.6 is 0 Å². The van der Waals surface area contributed by atoms with Crippen molar-refractivity contribution < 1.29 is 9.90 Å². The molecule has 0 unspecified atom stereocenters. The molecule has 4 nitrogen and oxygen atoms in total. The number of amides is 1. The van der Waals surface area contributed by atoms with Crippen LogP contribution in [0.25, 0.3) is 0 Å². The first-order valence-corrected chi connectivity index (χ1v) is 2.81. The van der Waals surface area contributed by atoms with Crippen molar-refractivity contribution in [3.05, 3.63) is 0 Å². The number of hydrogen-bond donors (Lipinski definition) is 3. The van der Waals surface area contributed by atoms with E-state index in [9.17, 15) is 4.79 Å². The van der Waals surface area contributed by atoms with Crippen LogP contribution in [0.15, 0.2) is 0 Å². The van der Waals surface area contributed by atoms with E-state index in [4.69, 9.17) is 10.8 Å². The molecule has 0 aromatic heterocycles. The fraction of sp³-hybridized carbons (Fsp3) is 0.800. The van der Waals surface area contributed by atoms with E-state index in [-0.39, 0.29) is 19.0 Å². The zero-order valence-electron chi connectivity index (χ0n) is 5.42. The van der Waals surface area contributed by atoms with Crippen LogP contribution < -0.4 is 11.1 Å². The van der Waals surface area contributed by atoms with Crippen LogP contribution in [-0.2, 0) is 4.79 Å². The Morgan fingerprint density at radius 2 is 2.44 bits per heavy atom. The molecule has 4 N–H and O–H groups in total. The van der Waals surface area contributed by atoms with Crippen molar-refractivity contribution in [1.82, 2.24) is 5.32 Å². The molecule has 0 fully saturated rings. The van der Waals surface area contributed by atoms with Crippen molar-refractivity contribution in [3.63, 3.8) is 0 Å². The molecule has 0 heterocycles. The second-order valence-electron chi connectivity index (χ2n) is 1.86. The zero-order chi connectivity index (χ0) is 7.28. The second kappa shape index (κ2) is 4.29. The van der Waals surface area contributed by atoms with Gasteiger partial charge in [-0.25, -0.2) is 0 Å². The summed E-state index contributed by atoms with van der Waals surface area (Å²) in [5.74, 6) is -0.240. The van der Waals surface area contributed by atoms with Crippen molar-refractivity contribution in [2.75, 3.05) is 13.1 Å². The average molecular weight is 132 g/mol. The van der Waals surface area contributed by atoms with E-state index in [2.05, 4.69) is 5.32 Å². The maximum Gasteiger partial charge on any atom is 0.233 e. The molecule has 0 aliphatic carbocycles. The van der Waals surface area contributed by atoms with Gasteiger partial charge in [-0.2, -0.15) is 0 Å². The first kappa shape index (κ1) is 8.39. The first-order valence-electron chi connectivity index (χ1n) is 2.81. The summed E-state index contributed by atoms with van der Waals surface area (Å²) in [4.78, 5) is 10.4. The van der Waals surface area contributed by atoms with Gasteiger partial charge < -0.3 is 16.2 Å². The van der Waals surface area contributed by atoms with Crippen LogP contribution in [0, 0.1) is 0 Å². The highest BCUT2D eigenvalue weighted by Gasteiger charge is 1.97. The van der Waals surface area contributed by atoms with Crippen molar-refractivity contribution in [3.8, 4) is 0 Å². The van der Waals surface area contributed by atoms with E-state index in [1.165, 1.54) is 0 Å². The fourth-order valence-corrected chi connectivity index (χ4v) is 0.334. The maximum absolute atomic E-state index is 10.4. The molecule has 0 saturated heterocycles. The van der Waals surface area contributed by atoms with Gasteiger partial charge in [0.25, 0.3) is 0 Å². The number of aliphatic hydroxyl groups excluding tert-OH is 1. The third-order valence-corrected chi connectivity index (χ3v) is 0.780. The van der Waals surface area contributed by atoms with Gasteiger partial charge in [-0.15, -0.1) is 0 Å². The number of rotatable bonds is 3. The Morgan fingerprint density at radius 1 is 1.89 bits per heavy atom. The van der Waals surface area contributed by atoms with Crippen LogP contribution in [0.5, 0.6) is 0 Å². The van der Waals surface area contributed by atoms with Crippen LogP contribution in [0.2, 0.25) is 0 Å². The molecule has 4 heteroatoms. The van der Waals surface area contributed by atoms with E-state index >= 15 is 0 Å². The molecule has 0 aromatic rings. The lowest BCUT2D eigenvalue weighted by Gasteiger charge is -2.03. The lowest BCUT2D eigenvalue weighted by atomic mass is 10.4. The van der Waals surface area contributed by atoms with Crippen LogP contribution in [-0.4, -0.2) is 30.2 Å². The normalized spacial score (nSPS) is 12.8. The molecule has 1 amide bonds. The number of nitrogens with two attached hydrogens (primary N) is 1. The molecule has 0 aliphatic heterocycles. The minimum atomic E-state index is -0.500. The molecule has 0 aromatic carbocycles. The van der Waals surface area contributed by atoms with Gasteiger partial charge in [-0.1, -0.05) is 0 Å². The minimum absolute atomic E-state index is 0.0211. The van der Waals surface area contributed by atoms with E-state index in [0.717, 1.165) is 0 Å². The number of carbonyl (C=O) groups excluding carboxylic acids is 1. The van der Waals surface area contributed by atoms with Gasteiger partial charge in [0.05, 0.1) is 12.6 Å². The third kappa shape index (κ3) is 5.26. The Morgan fingerprint density at radius 3 is 2.78 bits per heavy atom. The van der Waals surface area contributed by atoms with E-state index in [1.54, 1.807) is 6.92 Å². The summed E-state index contributed by atoms with van der Waals surface area (Å²) in [5, 5.41) is 11.1. The Labute approximate surface area is 54.0 Å². The first-order chi connectivity index (χ1) is 4.16. The van der Waals surface area contributed by atoms with Gasteiger partial charge in [0.15, 0.2) is 0 Å². The standard InChI is InChI=1S/C5H12N2O2/c1-4(8)3-7-5(9)2-6/h4,8H,2-3,6H2,1H3,(H,7,9)/t4-/m1/s1. The van der Waals surface area contributed by atoms with Gasteiger partial charge >= 0.3 is 0 Å². The molecule has 0 saturated carbocycles. The molecule has 0 bridgehead atoms. The third-order valence-electron chi connectivity index (χ3n) is 0.780. The largest absolute Gasteiger partial charge is 0.392 e. The summed E-state index contributed by atoms with van der Waals surface area (Å²) in [5.41, 5.74) is 4.96. The lowest BCUT2D eigenvalue weighted by molar-refractivity contribution is -0.120. The summed E-state index contributed by atoms with van der Waals surface area (Å²) in [7, 11) is 0. The molecule has 0 rings (SSSR count). The van der Waals surface area contributed by atoms with Crippen LogP contribution in [0.4, 0.5) is 0 Å². The van der Waals surface area contributed by atoms with Gasteiger partial charge in [-0.05, 0) is 6.92 Å². The van der Waals surface area contributed by atoms with Crippen LogP contribution in [0.3, 0.4) is 0 Å². The van der Waals surface area contributed by atoms with Gasteiger partial charge in [0.1, 0.15) is 0 Å². The second-order valence-corrected chi connectivity index (χ2v) is 1.86. The predicted octanol–water partition coefficient (Wildman–Crippen LogP) is -1.56. The molecular weight excluding hydrogens is 120 g/mol. The zero-order valence-corrected chi connectivity index (χ0v) is 5.42. The smallest absolute Gasteiger partial charge is 0.233 e. The molecule has 1 atom stereocenters. The molecule has 54 valence electrons. The summed E-state index contributed by atoms with van der Waals surface area (Å²) in [6.45, 7) is 1.85. The quantitative estimate of drug-likeness (QED) is 0.435. The van der Waals surface area contributed by atoms with Gasteiger partial charge in [-0.3, -0.25) is 4.79 Å². The highest BCUT2D eigenvalue weighted by atomic mass is 16.3. The molecule has 9 heavy (non-hydrogen) atoms. The minimum Gasteiger partial charge on any atom is -0.392 e. The van der Waals surface area contributed by atoms with Gasteiger partial charge in [0, 0.05) is 6.54 Å². The number of hydrogen-bond acceptors (Lipinski definition) is 3. The monoisotopic (exact) mass is 132 g/mol. The summed E-state index contributed by atoms with van der Waals surface area (Å²) in [6, 6.07) is 0. The highest BCUT2D eigenvalue weighted by Crippen LogP contribution is 1.72. The predicted molar refractivity (Wildman–Crippen MR) is 33.7 cm³/mol. The Kier molecular flexibility index (Phi) is 4.00. The van der Waals surface area contributed by atoms with Crippen molar-refractivity contribution in [1.29, 1.82) is 0 Å². The van der Waals surface area contributed by atoms with Crippen molar-refractivity contribution >= 4 is 5.91 Å². The van der Waals surface area contributed by atoms with Crippen LogP contribution in [0.1, 0.15) is 6.92 Å². The molecule has 0 spiro atoms. The summed E-state index contributed by atoms with van der Waals surface area (Å²) < 4.78 is 0. The summed E-state index contributed by atoms with van der Waals surface area (Å²) >= 11 is 0. The highest BCUT2D eigenvalue weighted by molar-refractivity contribution is 5.77. The lowest BCUT2D eigenvalue weighted by Crippen LogP contribution is -2.35. The number of aliphatic hydroxyl groups is 1. The van der Waals surface area contributed by atoms with Gasteiger partial charge in [0.2, 0.25) is 5.91 Å². The molecule has 0 aliphatic rings. The Bertz CT molecular complexity index is 93.0. The molecular formula is C5H12N2O2. The fourth-order valence-electron chi connectivity index (χ4n) is 0.334. The SMILES string of the molecule is C[C@@H](O)CNC(=O)CN. The van der Waals surface area contributed by atoms with Crippen molar-refractivity contribution in [2.24, 2.45) is 5.73 Å². The molecule has 0 radical (unpaired) electrons. The Hall–Kier alpha value is -0.610. The summed E-state index contributed by atoms with van der Waals surface area (Å²) in [6.07, 6.45) is -0.500.